The quantitative estimate of drug-likeness (QED) is 0.568. The Kier molecular flexibility index (Phi) is 7.09. The van der Waals surface area contributed by atoms with E-state index in [-0.39, 0.29) is 56.2 Å². The van der Waals surface area contributed by atoms with Gasteiger partial charge in [0.05, 0.1) is 24.6 Å². The van der Waals surface area contributed by atoms with Crippen LogP contribution < -0.4 is 10.2 Å². The number of aliphatic hydroxyl groups excluding tert-OH is 1. The van der Waals surface area contributed by atoms with E-state index in [2.05, 4.69) is 10.3 Å². The molecule has 2 aromatic rings. The summed E-state index contributed by atoms with van der Waals surface area (Å²) in [5, 5.41) is 13.4. The second-order valence-corrected chi connectivity index (χ2v) is 12.0. The lowest BCUT2D eigenvalue weighted by Gasteiger charge is -2.34. The van der Waals surface area contributed by atoms with Crippen molar-refractivity contribution >= 4 is 39.4 Å². The predicted octanol–water partition coefficient (Wildman–Crippen LogP) is 2.82. The molecule has 9 nitrogen and oxygen atoms in total. The van der Waals surface area contributed by atoms with Crippen molar-refractivity contribution in [1.82, 2.24) is 9.62 Å². The van der Waals surface area contributed by atoms with Crippen LogP contribution in [-0.2, 0) is 25.8 Å². The topological polar surface area (TPSA) is 119 Å². The smallest absolute Gasteiger partial charge is 0.391 e. The van der Waals surface area contributed by atoms with Gasteiger partial charge in [-0.2, -0.15) is 17.5 Å². The molecule has 2 saturated heterocycles. The first-order valence-electron chi connectivity index (χ1n) is 12.6. The van der Waals surface area contributed by atoms with E-state index < -0.39 is 39.3 Å². The number of β-amino-alcohol motifs (C(OH)–C–C–N with tert-alkyl or cyclic N) is 1. The summed E-state index contributed by atoms with van der Waals surface area (Å²) in [6.45, 7) is 2.02. The zero-order valence-electron chi connectivity index (χ0n) is 21.5. The first-order valence-corrected chi connectivity index (χ1v) is 14.1. The maximum absolute atomic E-state index is 13.1. The van der Waals surface area contributed by atoms with Gasteiger partial charge in [-0.15, -0.1) is 0 Å². The van der Waals surface area contributed by atoms with Gasteiger partial charge in [0.15, 0.2) is 0 Å². The molecule has 0 aliphatic carbocycles. The standard InChI is InChI=1S/C27H27F3N4O5S/c1-17-13-21(34-16-22(35)15-23(34)36)6-5-18(17)7-12-40(38,39)33-10-8-26(9-11-33)25(37)31-24(32-26)19-3-2-4-20(14-19)27(28,29)30/h2-7,12-14,22,35H,8-11,15-16H2,1H3,(H,31,32,37)/b12-7+/t22-/m1/s1. The van der Waals surface area contributed by atoms with Crippen LogP contribution in [0.3, 0.4) is 0 Å². The lowest BCUT2D eigenvalue weighted by atomic mass is 9.89. The maximum Gasteiger partial charge on any atom is 0.416 e. The highest BCUT2D eigenvalue weighted by Crippen LogP contribution is 2.34. The van der Waals surface area contributed by atoms with E-state index in [1.54, 1.807) is 25.1 Å². The first-order chi connectivity index (χ1) is 18.8. The number of carbonyl (C=O) groups is 2. The van der Waals surface area contributed by atoms with Crippen molar-refractivity contribution in [3.63, 3.8) is 0 Å². The molecule has 2 aromatic carbocycles. The highest BCUT2D eigenvalue weighted by Gasteiger charge is 2.47. The van der Waals surface area contributed by atoms with Gasteiger partial charge in [-0.05, 0) is 61.2 Å². The van der Waals surface area contributed by atoms with Crippen molar-refractivity contribution < 1.29 is 36.3 Å². The van der Waals surface area contributed by atoms with Crippen LogP contribution in [-0.4, -0.2) is 66.8 Å². The van der Waals surface area contributed by atoms with Crippen LogP contribution in [0.5, 0.6) is 0 Å². The van der Waals surface area contributed by atoms with E-state index in [1.807, 2.05) is 0 Å². The van der Waals surface area contributed by atoms with E-state index >= 15 is 0 Å². The summed E-state index contributed by atoms with van der Waals surface area (Å²) in [6.07, 6.45) is -3.56. The van der Waals surface area contributed by atoms with E-state index in [0.717, 1.165) is 23.1 Å². The minimum Gasteiger partial charge on any atom is -0.391 e. The van der Waals surface area contributed by atoms with Gasteiger partial charge in [0.2, 0.25) is 15.9 Å². The third kappa shape index (κ3) is 5.40. The first kappa shape index (κ1) is 28.0. The average molecular weight is 577 g/mol. The molecule has 1 atom stereocenters. The third-order valence-corrected chi connectivity index (χ3v) is 9.01. The second-order valence-electron chi connectivity index (χ2n) is 10.2. The van der Waals surface area contributed by atoms with Crippen LogP contribution in [0, 0.1) is 6.92 Å². The summed E-state index contributed by atoms with van der Waals surface area (Å²) in [6, 6.07) is 9.67. The highest BCUT2D eigenvalue weighted by atomic mass is 32.2. The maximum atomic E-state index is 13.1. The largest absolute Gasteiger partial charge is 0.416 e. The monoisotopic (exact) mass is 576 g/mol. The summed E-state index contributed by atoms with van der Waals surface area (Å²) >= 11 is 0. The summed E-state index contributed by atoms with van der Waals surface area (Å²) in [4.78, 5) is 30.8. The Bertz CT molecular complexity index is 1530. The molecule has 13 heteroatoms. The molecule has 1 spiro atoms. The molecule has 0 aromatic heterocycles. The molecule has 0 bridgehead atoms. The third-order valence-electron chi connectivity index (χ3n) is 7.44. The van der Waals surface area contributed by atoms with Crippen LogP contribution in [0.25, 0.3) is 6.08 Å². The Morgan fingerprint density at radius 3 is 2.48 bits per heavy atom. The molecule has 0 saturated carbocycles. The summed E-state index contributed by atoms with van der Waals surface area (Å²) in [7, 11) is -3.84. The Balaban J connectivity index is 1.27. The molecule has 0 unspecified atom stereocenters. The van der Waals surface area contributed by atoms with Gasteiger partial charge in [-0.25, -0.2) is 8.42 Å². The van der Waals surface area contributed by atoms with E-state index in [4.69, 9.17) is 0 Å². The summed E-state index contributed by atoms with van der Waals surface area (Å²) in [5.41, 5.74) is 0.0360. The van der Waals surface area contributed by atoms with E-state index in [9.17, 15) is 36.3 Å². The fourth-order valence-electron chi connectivity index (χ4n) is 5.14. The van der Waals surface area contributed by atoms with Gasteiger partial charge in [0, 0.05) is 29.7 Å². The van der Waals surface area contributed by atoms with Crippen LogP contribution in [0.4, 0.5) is 18.9 Å². The van der Waals surface area contributed by atoms with Crippen LogP contribution in [0.1, 0.15) is 41.5 Å². The molecule has 3 heterocycles. The van der Waals surface area contributed by atoms with Gasteiger partial charge in [0.25, 0.3) is 5.91 Å². The second kappa shape index (κ2) is 10.1. The van der Waals surface area contributed by atoms with Gasteiger partial charge in [0.1, 0.15) is 11.4 Å². The summed E-state index contributed by atoms with van der Waals surface area (Å²) in [5.74, 6) is -0.605. The number of carbonyl (C=O) groups excluding carboxylic acids is 2. The molecular weight excluding hydrogens is 549 g/mol. The number of nitrogens with zero attached hydrogens (tertiary/aromatic N) is 3. The zero-order valence-corrected chi connectivity index (χ0v) is 22.3. The average Bonchev–Trinajstić information content (AvgIpc) is 3.40. The summed E-state index contributed by atoms with van der Waals surface area (Å²) < 4.78 is 66.7. The Morgan fingerprint density at radius 2 is 1.85 bits per heavy atom. The molecule has 2 N–H and O–H groups in total. The molecular formula is C27H27F3N4O5S. The lowest BCUT2D eigenvalue weighted by molar-refractivity contribution is -0.137. The molecule has 212 valence electrons. The van der Waals surface area contributed by atoms with E-state index in [0.29, 0.717) is 11.3 Å². The van der Waals surface area contributed by atoms with Gasteiger partial charge in [-0.1, -0.05) is 18.2 Å². The number of halogens is 3. The minimum absolute atomic E-state index is 0.0107. The number of hydrogen-bond acceptors (Lipinski definition) is 6. The number of rotatable bonds is 5. The van der Waals surface area contributed by atoms with Gasteiger partial charge >= 0.3 is 6.18 Å². The Hall–Kier alpha value is -3.55. The fourth-order valence-corrected chi connectivity index (χ4v) is 6.33. The van der Waals surface area contributed by atoms with E-state index in [1.165, 1.54) is 27.4 Å². The predicted molar refractivity (Wildman–Crippen MR) is 142 cm³/mol. The molecule has 2 amide bonds. The van der Waals surface area contributed by atoms with Crippen LogP contribution in [0.2, 0.25) is 0 Å². The van der Waals surface area contributed by atoms with Crippen molar-refractivity contribution in [3.05, 3.63) is 70.1 Å². The minimum atomic E-state index is -4.54. The number of hydrogen-bond donors (Lipinski definition) is 2. The molecule has 2 fully saturated rings. The molecule has 5 rings (SSSR count). The number of piperidine rings is 1. The van der Waals surface area contributed by atoms with Crippen molar-refractivity contribution in [2.75, 3.05) is 24.5 Å². The molecule has 3 aliphatic heterocycles. The lowest BCUT2D eigenvalue weighted by Crippen LogP contribution is -2.50. The molecule has 40 heavy (non-hydrogen) atoms. The van der Waals surface area contributed by atoms with Crippen LogP contribution >= 0.6 is 0 Å². The normalized spacial score (nSPS) is 21.9. The van der Waals surface area contributed by atoms with Crippen molar-refractivity contribution in [2.45, 2.75) is 44.0 Å². The number of nitrogens with one attached hydrogen (secondary N) is 1. The Morgan fingerprint density at radius 1 is 1.12 bits per heavy atom. The van der Waals surface area contributed by atoms with Crippen LogP contribution in [0.15, 0.2) is 52.9 Å². The van der Waals surface area contributed by atoms with Crippen molar-refractivity contribution in [2.24, 2.45) is 4.99 Å². The molecule has 3 aliphatic rings. The van der Waals surface area contributed by atoms with Crippen molar-refractivity contribution in [1.29, 1.82) is 0 Å². The number of aryl methyl sites for hydroxylation is 1. The number of sulfonamides is 1. The number of anilines is 1. The number of aliphatic hydroxyl groups is 1. The highest BCUT2D eigenvalue weighted by molar-refractivity contribution is 7.92. The fraction of sp³-hybridized carbons (Fsp3) is 0.370. The van der Waals surface area contributed by atoms with Crippen molar-refractivity contribution in [3.8, 4) is 0 Å². The number of alkyl halides is 3. The van der Waals surface area contributed by atoms with Gasteiger partial charge in [-0.3, -0.25) is 14.6 Å². The number of aliphatic imine (C=N–C) groups is 1. The number of benzene rings is 2. The van der Waals surface area contributed by atoms with Gasteiger partial charge < -0.3 is 15.3 Å². The SMILES string of the molecule is Cc1cc(N2C[C@H](O)CC2=O)ccc1/C=C/S(=O)(=O)N1CCC2(CC1)N=C(c1cccc(C(F)(F)F)c1)NC2=O. The number of amides is 2. The zero-order chi connectivity index (χ0) is 28.9. The Labute approximate surface area is 229 Å². The molecule has 0 radical (unpaired) electrons. The number of amidine groups is 1.